The summed E-state index contributed by atoms with van der Waals surface area (Å²) in [6.45, 7) is 1.74. The molecule has 0 saturated heterocycles. The van der Waals surface area contributed by atoms with Crippen molar-refractivity contribution in [1.29, 1.82) is 0 Å². The van der Waals surface area contributed by atoms with Gasteiger partial charge in [-0.1, -0.05) is 0 Å². The summed E-state index contributed by atoms with van der Waals surface area (Å²) in [4.78, 5) is 0. The van der Waals surface area contributed by atoms with Gasteiger partial charge in [-0.15, -0.1) is 12.4 Å². The number of aliphatic hydroxyl groups excluding tert-OH is 1. The molecule has 3 N–H and O–H groups in total. The summed E-state index contributed by atoms with van der Waals surface area (Å²) in [6, 6.07) is 4.90. The smallest absolute Gasteiger partial charge is 0.124 e. The highest BCUT2D eigenvalue weighted by Gasteiger charge is 2.17. The minimum absolute atomic E-state index is 0. The number of aliphatic hydroxyl groups is 1. The third kappa shape index (κ3) is 3.27. The molecule has 2 atom stereocenters. The molecule has 5 heteroatoms. The highest BCUT2D eigenvalue weighted by Crippen LogP contribution is 2.30. The molecular weight excluding hydrogens is 230 g/mol. The van der Waals surface area contributed by atoms with Crippen molar-refractivity contribution < 1.29 is 14.6 Å². The van der Waals surface area contributed by atoms with Gasteiger partial charge in [0.05, 0.1) is 20.3 Å². The van der Waals surface area contributed by atoms with Crippen LogP contribution in [0.25, 0.3) is 0 Å². The van der Waals surface area contributed by atoms with E-state index < -0.39 is 6.10 Å². The fraction of sp³-hybridized carbons (Fsp3) is 0.455. The van der Waals surface area contributed by atoms with Gasteiger partial charge in [-0.2, -0.15) is 0 Å². The highest BCUT2D eigenvalue weighted by atomic mass is 35.5. The van der Waals surface area contributed by atoms with E-state index in [0.29, 0.717) is 17.1 Å². The first-order chi connectivity index (χ1) is 7.10. The Morgan fingerprint density at radius 1 is 1.25 bits per heavy atom. The molecule has 0 spiro atoms. The average molecular weight is 248 g/mol. The van der Waals surface area contributed by atoms with Gasteiger partial charge in [0.1, 0.15) is 11.5 Å². The van der Waals surface area contributed by atoms with E-state index in [1.165, 1.54) is 0 Å². The number of halogens is 1. The first kappa shape index (κ1) is 15.0. The Kier molecular flexibility index (Phi) is 6.18. The fourth-order valence-electron chi connectivity index (χ4n) is 1.35. The van der Waals surface area contributed by atoms with E-state index in [4.69, 9.17) is 15.2 Å². The van der Waals surface area contributed by atoms with Crippen LogP contribution in [0.4, 0.5) is 0 Å². The van der Waals surface area contributed by atoms with Crippen LogP contribution in [0.2, 0.25) is 0 Å². The van der Waals surface area contributed by atoms with Gasteiger partial charge >= 0.3 is 0 Å². The molecule has 1 rings (SSSR count). The molecule has 0 unspecified atom stereocenters. The number of nitrogens with two attached hydrogens (primary N) is 1. The number of hydrogen-bond acceptors (Lipinski definition) is 4. The average Bonchev–Trinajstić information content (AvgIpc) is 2.27. The van der Waals surface area contributed by atoms with Gasteiger partial charge in [-0.05, 0) is 25.1 Å². The number of ether oxygens (including phenoxy) is 2. The lowest BCUT2D eigenvalue weighted by Gasteiger charge is -2.18. The Balaban J connectivity index is 0.00000225. The van der Waals surface area contributed by atoms with Crippen LogP contribution in [0.15, 0.2) is 18.2 Å². The molecule has 1 aromatic rings. The third-order valence-electron chi connectivity index (χ3n) is 2.25. The molecule has 0 saturated carbocycles. The molecule has 1 aromatic carbocycles. The second kappa shape index (κ2) is 6.58. The second-order valence-electron chi connectivity index (χ2n) is 3.41. The van der Waals surface area contributed by atoms with Crippen molar-refractivity contribution in [2.75, 3.05) is 14.2 Å². The fourth-order valence-corrected chi connectivity index (χ4v) is 1.35. The summed E-state index contributed by atoms with van der Waals surface area (Å²) >= 11 is 0. The molecule has 0 aromatic heterocycles. The molecule has 0 aliphatic carbocycles. The molecule has 0 radical (unpaired) electrons. The van der Waals surface area contributed by atoms with Crippen molar-refractivity contribution in [2.45, 2.75) is 19.1 Å². The predicted molar refractivity (Wildman–Crippen MR) is 65.4 cm³/mol. The maximum Gasteiger partial charge on any atom is 0.124 e. The molecule has 16 heavy (non-hydrogen) atoms. The molecule has 4 nitrogen and oxygen atoms in total. The molecule has 0 fully saturated rings. The van der Waals surface area contributed by atoms with Gasteiger partial charge in [0.2, 0.25) is 0 Å². The lowest BCUT2D eigenvalue weighted by atomic mass is 10.0. The van der Waals surface area contributed by atoms with Gasteiger partial charge in [-0.25, -0.2) is 0 Å². The monoisotopic (exact) mass is 247 g/mol. The molecular formula is C11H18ClNO3. The normalized spacial score (nSPS) is 13.6. The summed E-state index contributed by atoms with van der Waals surface area (Å²) < 4.78 is 10.2. The van der Waals surface area contributed by atoms with Gasteiger partial charge < -0.3 is 20.3 Å². The predicted octanol–water partition coefficient (Wildman–Crippen LogP) is 1.51. The number of methoxy groups -OCH3 is 2. The summed E-state index contributed by atoms with van der Waals surface area (Å²) in [6.07, 6.45) is -0.755. The van der Waals surface area contributed by atoms with Crippen molar-refractivity contribution in [2.24, 2.45) is 5.73 Å². The van der Waals surface area contributed by atoms with E-state index in [-0.39, 0.29) is 18.4 Å². The highest BCUT2D eigenvalue weighted by molar-refractivity contribution is 5.85. The van der Waals surface area contributed by atoms with Gasteiger partial charge in [0.15, 0.2) is 0 Å². The van der Waals surface area contributed by atoms with Crippen molar-refractivity contribution in [1.82, 2.24) is 0 Å². The van der Waals surface area contributed by atoms with Gasteiger partial charge in [0, 0.05) is 11.6 Å². The molecule has 0 heterocycles. The number of hydrogen-bond donors (Lipinski definition) is 2. The first-order valence-electron chi connectivity index (χ1n) is 4.75. The molecule has 0 bridgehead atoms. The summed E-state index contributed by atoms with van der Waals surface area (Å²) in [5, 5.41) is 9.87. The lowest BCUT2D eigenvalue weighted by molar-refractivity contribution is 0.149. The SMILES string of the molecule is COc1ccc(OC)c([C@@H](O)[C@@H](C)N)c1.Cl. The van der Waals surface area contributed by atoms with Crippen LogP contribution in [-0.2, 0) is 0 Å². The van der Waals surface area contributed by atoms with E-state index >= 15 is 0 Å². The van der Waals surface area contributed by atoms with Crippen molar-refractivity contribution >= 4 is 12.4 Å². The van der Waals surface area contributed by atoms with Crippen LogP contribution in [0, 0.1) is 0 Å². The Hall–Kier alpha value is -0.970. The lowest BCUT2D eigenvalue weighted by Crippen LogP contribution is -2.24. The zero-order valence-corrected chi connectivity index (χ0v) is 10.5. The Bertz CT molecular complexity index is 331. The van der Waals surface area contributed by atoms with E-state index in [1.54, 1.807) is 39.3 Å². The maximum absolute atomic E-state index is 9.87. The number of benzene rings is 1. The largest absolute Gasteiger partial charge is 0.497 e. The maximum atomic E-state index is 9.87. The number of rotatable bonds is 4. The van der Waals surface area contributed by atoms with Crippen LogP contribution in [-0.4, -0.2) is 25.4 Å². The van der Waals surface area contributed by atoms with Crippen molar-refractivity contribution in [3.8, 4) is 11.5 Å². The molecule has 0 aliphatic rings. The van der Waals surface area contributed by atoms with E-state index in [1.807, 2.05) is 0 Å². The van der Waals surface area contributed by atoms with E-state index in [0.717, 1.165) is 0 Å². The first-order valence-corrected chi connectivity index (χ1v) is 4.75. The van der Waals surface area contributed by atoms with Crippen LogP contribution in [0.5, 0.6) is 11.5 Å². The van der Waals surface area contributed by atoms with Crippen LogP contribution in [0.3, 0.4) is 0 Å². The quantitative estimate of drug-likeness (QED) is 0.847. The van der Waals surface area contributed by atoms with Crippen LogP contribution in [0.1, 0.15) is 18.6 Å². The minimum atomic E-state index is -0.755. The Labute approximate surface area is 102 Å². The molecule has 0 amide bonds. The molecule has 92 valence electrons. The standard InChI is InChI=1S/C11H17NO3.ClH/c1-7(12)11(13)9-6-8(14-2)4-5-10(9)15-3;/h4-7,11,13H,12H2,1-3H3;1H/t7-,11+;/m1./s1. The Morgan fingerprint density at radius 2 is 1.88 bits per heavy atom. The van der Waals surface area contributed by atoms with Gasteiger partial charge in [-0.3, -0.25) is 0 Å². The molecule has 0 aliphatic heterocycles. The summed E-state index contributed by atoms with van der Waals surface area (Å²) in [7, 11) is 3.13. The van der Waals surface area contributed by atoms with Crippen molar-refractivity contribution in [3.63, 3.8) is 0 Å². The summed E-state index contributed by atoms with van der Waals surface area (Å²) in [5.74, 6) is 1.28. The van der Waals surface area contributed by atoms with Crippen LogP contribution >= 0.6 is 12.4 Å². The summed E-state index contributed by atoms with van der Waals surface area (Å²) in [5.41, 5.74) is 6.28. The van der Waals surface area contributed by atoms with E-state index in [9.17, 15) is 5.11 Å². The second-order valence-corrected chi connectivity index (χ2v) is 3.41. The third-order valence-corrected chi connectivity index (χ3v) is 2.25. The van der Waals surface area contributed by atoms with Crippen molar-refractivity contribution in [3.05, 3.63) is 23.8 Å². The van der Waals surface area contributed by atoms with Crippen LogP contribution < -0.4 is 15.2 Å². The zero-order valence-electron chi connectivity index (χ0n) is 9.64. The Morgan fingerprint density at radius 3 is 2.31 bits per heavy atom. The van der Waals surface area contributed by atoms with Gasteiger partial charge in [0.25, 0.3) is 0 Å². The van der Waals surface area contributed by atoms with E-state index in [2.05, 4.69) is 0 Å². The topological polar surface area (TPSA) is 64.7 Å². The zero-order chi connectivity index (χ0) is 11.4. The minimum Gasteiger partial charge on any atom is -0.497 e.